The third kappa shape index (κ3) is 3.16. The monoisotopic (exact) mass is 259 g/mol. The van der Waals surface area contributed by atoms with E-state index < -0.39 is 0 Å². The lowest BCUT2D eigenvalue weighted by Crippen LogP contribution is -2.51. The van der Waals surface area contributed by atoms with Crippen LogP contribution in [0.5, 0.6) is 0 Å². The van der Waals surface area contributed by atoms with E-state index in [-0.39, 0.29) is 12.1 Å². The maximum Gasteiger partial charge on any atom is 0.306 e. The van der Waals surface area contributed by atoms with Crippen LogP contribution >= 0.6 is 0 Å². The summed E-state index contributed by atoms with van der Waals surface area (Å²) < 4.78 is 5.67. The molecule has 1 atom stereocenters. The highest BCUT2D eigenvalue weighted by molar-refractivity contribution is 5.70. The second-order valence-electron chi connectivity index (χ2n) is 5.65. The quantitative estimate of drug-likeness (QED) is 0.777. The molecule has 0 radical (unpaired) electrons. The smallest absolute Gasteiger partial charge is 0.306 e. The second-order valence-corrected chi connectivity index (χ2v) is 5.65. The van der Waals surface area contributed by atoms with Gasteiger partial charge in [-0.25, -0.2) is 0 Å². The van der Waals surface area contributed by atoms with E-state index in [9.17, 15) is 4.79 Å². The minimum absolute atomic E-state index is 0.0393. The first-order valence-electron chi connectivity index (χ1n) is 7.27. The number of ether oxygens (including phenoxy) is 1. The van der Waals surface area contributed by atoms with Crippen molar-refractivity contribution >= 4 is 5.97 Å². The van der Waals surface area contributed by atoms with Gasteiger partial charge in [-0.3, -0.25) is 9.69 Å². The number of carbonyl (C=O) groups excluding carboxylic acids is 1. The highest BCUT2D eigenvalue weighted by atomic mass is 16.5. The molecule has 3 aliphatic heterocycles. The molecule has 3 heterocycles. The van der Waals surface area contributed by atoms with Crippen LogP contribution in [-0.4, -0.2) is 36.6 Å². The Bertz CT molecular complexity index is 424. The number of fused-ring (bicyclic) bond motifs is 3. The van der Waals surface area contributed by atoms with Crippen LogP contribution in [0.1, 0.15) is 24.8 Å². The molecule has 0 saturated carbocycles. The van der Waals surface area contributed by atoms with Crippen LogP contribution < -0.4 is 0 Å². The Labute approximate surface area is 114 Å². The van der Waals surface area contributed by atoms with E-state index in [2.05, 4.69) is 17.0 Å². The predicted molar refractivity (Wildman–Crippen MR) is 73.8 cm³/mol. The normalized spacial score (nSPS) is 29.2. The minimum Gasteiger partial charge on any atom is -0.461 e. The zero-order valence-corrected chi connectivity index (χ0v) is 11.3. The number of benzene rings is 1. The van der Waals surface area contributed by atoms with E-state index in [4.69, 9.17) is 4.74 Å². The van der Waals surface area contributed by atoms with Crippen molar-refractivity contribution in [2.75, 3.05) is 19.6 Å². The Morgan fingerprint density at radius 2 is 1.95 bits per heavy atom. The molecule has 1 aromatic carbocycles. The molecule has 4 rings (SSSR count). The van der Waals surface area contributed by atoms with Crippen LogP contribution in [0.25, 0.3) is 0 Å². The Morgan fingerprint density at radius 1 is 1.21 bits per heavy atom. The van der Waals surface area contributed by atoms with Gasteiger partial charge in [0.1, 0.15) is 6.10 Å². The summed E-state index contributed by atoms with van der Waals surface area (Å²) in [5, 5.41) is 0. The van der Waals surface area contributed by atoms with Crippen LogP contribution in [0, 0.1) is 5.92 Å². The summed E-state index contributed by atoms with van der Waals surface area (Å²) in [6.45, 7) is 3.31. The number of piperidine rings is 3. The highest BCUT2D eigenvalue weighted by Crippen LogP contribution is 2.29. The molecule has 0 amide bonds. The van der Waals surface area contributed by atoms with Crippen molar-refractivity contribution in [3.63, 3.8) is 0 Å². The number of aryl methyl sites for hydroxylation is 1. The molecule has 0 N–H and O–H groups in total. The lowest BCUT2D eigenvalue weighted by Gasteiger charge is -2.43. The van der Waals surface area contributed by atoms with E-state index in [0.717, 1.165) is 13.0 Å². The van der Waals surface area contributed by atoms with Gasteiger partial charge < -0.3 is 4.74 Å². The molecule has 19 heavy (non-hydrogen) atoms. The number of hydrogen-bond acceptors (Lipinski definition) is 3. The first-order chi connectivity index (χ1) is 9.31. The summed E-state index contributed by atoms with van der Waals surface area (Å²) in [6.07, 6.45) is 3.80. The summed E-state index contributed by atoms with van der Waals surface area (Å²) in [7, 11) is 0. The van der Waals surface area contributed by atoms with Gasteiger partial charge in [0, 0.05) is 13.0 Å². The summed E-state index contributed by atoms with van der Waals surface area (Å²) in [6, 6.07) is 10.1. The predicted octanol–water partition coefficient (Wildman–Crippen LogP) is 2.26. The zero-order chi connectivity index (χ0) is 13.1. The second kappa shape index (κ2) is 5.74. The standard InChI is InChI=1S/C16H21NO2/c18-16(7-6-13-4-2-1-3-5-13)19-15-12-17-10-8-14(15)9-11-17/h1-5,14-15H,6-12H2/t15-/m0/s1. The third-order valence-corrected chi connectivity index (χ3v) is 4.34. The maximum absolute atomic E-state index is 11.9. The lowest BCUT2D eigenvalue weighted by atomic mass is 9.86. The third-order valence-electron chi connectivity index (χ3n) is 4.34. The number of rotatable bonds is 4. The Hall–Kier alpha value is -1.35. The van der Waals surface area contributed by atoms with Crippen molar-refractivity contribution in [1.82, 2.24) is 4.90 Å². The number of esters is 1. The largest absolute Gasteiger partial charge is 0.461 e. The van der Waals surface area contributed by atoms with Crippen LogP contribution in [0.15, 0.2) is 30.3 Å². The van der Waals surface area contributed by atoms with Crippen LogP contribution in [0.2, 0.25) is 0 Å². The fourth-order valence-electron chi connectivity index (χ4n) is 3.16. The van der Waals surface area contributed by atoms with Crippen LogP contribution in [0.4, 0.5) is 0 Å². The van der Waals surface area contributed by atoms with Gasteiger partial charge in [0.2, 0.25) is 0 Å². The van der Waals surface area contributed by atoms with Crippen molar-refractivity contribution in [2.24, 2.45) is 5.92 Å². The van der Waals surface area contributed by atoms with E-state index in [1.165, 1.54) is 31.5 Å². The summed E-state index contributed by atoms with van der Waals surface area (Å²) in [5.41, 5.74) is 1.20. The molecule has 0 spiro atoms. The molecule has 3 heteroatoms. The lowest BCUT2D eigenvalue weighted by molar-refractivity contribution is -0.158. The molecule has 3 nitrogen and oxygen atoms in total. The number of hydrogen-bond donors (Lipinski definition) is 0. The maximum atomic E-state index is 11.9. The fraction of sp³-hybridized carbons (Fsp3) is 0.562. The van der Waals surface area contributed by atoms with Crippen LogP contribution in [-0.2, 0) is 16.0 Å². The first kappa shape index (κ1) is 12.7. The fourth-order valence-corrected chi connectivity index (χ4v) is 3.16. The molecular formula is C16H21NO2. The summed E-state index contributed by atoms with van der Waals surface area (Å²) in [4.78, 5) is 14.3. The van der Waals surface area contributed by atoms with E-state index in [0.29, 0.717) is 12.3 Å². The van der Waals surface area contributed by atoms with E-state index >= 15 is 0 Å². The molecule has 0 aromatic heterocycles. The van der Waals surface area contributed by atoms with Crippen molar-refractivity contribution in [3.05, 3.63) is 35.9 Å². The Morgan fingerprint density at radius 3 is 2.58 bits per heavy atom. The van der Waals surface area contributed by atoms with E-state index in [1.54, 1.807) is 0 Å². The molecule has 2 bridgehead atoms. The SMILES string of the molecule is O=C(CCc1ccccc1)O[C@H]1CN2CCC1CC2. The molecule has 3 saturated heterocycles. The number of carbonyl (C=O) groups is 1. The van der Waals surface area contributed by atoms with Crippen molar-refractivity contribution in [1.29, 1.82) is 0 Å². The van der Waals surface area contributed by atoms with Crippen molar-refractivity contribution < 1.29 is 9.53 Å². The molecular weight excluding hydrogens is 238 g/mol. The average molecular weight is 259 g/mol. The minimum atomic E-state index is -0.0393. The highest BCUT2D eigenvalue weighted by Gasteiger charge is 2.36. The molecule has 1 aromatic rings. The van der Waals surface area contributed by atoms with Gasteiger partial charge >= 0.3 is 5.97 Å². The molecule has 0 aliphatic carbocycles. The summed E-state index contributed by atoms with van der Waals surface area (Å²) >= 11 is 0. The summed E-state index contributed by atoms with van der Waals surface area (Å²) in [5.74, 6) is 0.563. The van der Waals surface area contributed by atoms with Gasteiger partial charge in [0.15, 0.2) is 0 Å². The number of nitrogens with zero attached hydrogens (tertiary/aromatic N) is 1. The van der Waals surface area contributed by atoms with Gasteiger partial charge in [0.05, 0.1) is 0 Å². The topological polar surface area (TPSA) is 29.5 Å². The van der Waals surface area contributed by atoms with Gasteiger partial charge in [-0.15, -0.1) is 0 Å². The van der Waals surface area contributed by atoms with Gasteiger partial charge in [-0.2, -0.15) is 0 Å². The molecule has 3 fully saturated rings. The Kier molecular flexibility index (Phi) is 3.83. The molecule has 3 aliphatic rings. The van der Waals surface area contributed by atoms with E-state index in [1.807, 2.05) is 18.2 Å². The average Bonchev–Trinajstić information content (AvgIpc) is 2.47. The Balaban J connectivity index is 1.46. The van der Waals surface area contributed by atoms with Crippen molar-refractivity contribution in [3.8, 4) is 0 Å². The van der Waals surface area contributed by atoms with Gasteiger partial charge in [0.25, 0.3) is 0 Å². The van der Waals surface area contributed by atoms with Crippen molar-refractivity contribution in [2.45, 2.75) is 31.8 Å². The van der Waals surface area contributed by atoms with Crippen LogP contribution in [0.3, 0.4) is 0 Å². The molecule has 102 valence electrons. The molecule has 0 unspecified atom stereocenters. The zero-order valence-electron chi connectivity index (χ0n) is 11.3. The van der Waals surface area contributed by atoms with Gasteiger partial charge in [-0.05, 0) is 43.8 Å². The van der Waals surface area contributed by atoms with Gasteiger partial charge in [-0.1, -0.05) is 30.3 Å². The first-order valence-corrected chi connectivity index (χ1v) is 7.27.